The van der Waals surface area contributed by atoms with Crippen LogP contribution in [0.25, 0.3) is 0 Å². The fourth-order valence-corrected chi connectivity index (χ4v) is 4.52. The maximum Gasteiger partial charge on any atom is 0.349 e. The zero-order chi connectivity index (χ0) is 28.1. The Morgan fingerprint density at radius 3 is 2.55 bits per heavy atom. The zero-order valence-electron chi connectivity index (χ0n) is 21.6. The molecule has 0 saturated heterocycles. The number of aryl methyl sites for hydroxylation is 1. The molecule has 1 aliphatic rings. The van der Waals surface area contributed by atoms with Crippen molar-refractivity contribution in [3.63, 3.8) is 0 Å². The molecule has 0 aromatic heterocycles. The van der Waals surface area contributed by atoms with E-state index < -0.39 is 11.9 Å². The summed E-state index contributed by atoms with van der Waals surface area (Å²) in [6, 6.07) is 29.5. The third-order valence-electron chi connectivity index (χ3n) is 6.37. The number of halogens is 1. The third-order valence-corrected chi connectivity index (χ3v) is 6.62. The molecule has 200 valence electrons. The first-order chi connectivity index (χ1) is 19.4. The number of para-hydroxylation sites is 1. The average molecular weight is 553 g/mol. The average Bonchev–Trinajstić information content (AvgIpc) is 2.96. The van der Waals surface area contributed by atoms with E-state index in [9.17, 15) is 10.1 Å². The van der Waals surface area contributed by atoms with Gasteiger partial charge in [0.1, 0.15) is 41.2 Å². The van der Waals surface area contributed by atoms with Crippen molar-refractivity contribution in [2.45, 2.75) is 19.4 Å². The summed E-state index contributed by atoms with van der Waals surface area (Å²) in [4.78, 5) is 12.4. The van der Waals surface area contributed by atoms with Gasteiger partial charge in [-0.3, -0.25) is 0 Å². The van der Waals surface area contributed by atoms with E-state index >= 15 is 0 Å². The van der Waals surface area contributed by atoms with Gasteiger partial charge in [0.25, 0.3) is 0 Å². The van der Waals surface area contributed by atoms with E-state index in [1.54, 1.807) is 24.3 Å². The number of hydrogen-bond acceptors (Lipinski definition) is 7. The van der Waals surface area contributed by atoms with Crippen LogP contribution in [-0.2, 0) is 11.4 Å². The summed E-state index contributed by atoms with van der Waals surface area (Å²) in [6.07, 6.45) is 0. The summed E-state index contributed by atoms with van der Waals surface area (Å²) in [5.41, 5.74) is 9.83. The second-order valence-electron chi connectivity index (χ2n) is 9.14. The molecule has 1 atom stereocenters. The van der Waals surface area contributed by atoms with Gasteiger partial charge in [-0.25, -0.2) is 4.79 Å². The highest BCUT2D eigenvalue weighted by atomic mass is 35.5. The highest BCUT2D eigenvalue weighted by Gasteiger charge is 2.31. The van der Waals surface area contributed by atoms with Gasteiger partial charge >= 0.3 is 5.97 Å². The van der Waals surface area contributed by atoms with Crippen LogP contribution in [0.1, 0.15) is 28.2 Å². The van der Waals surface area contributed by atoms with E-state index in [4.69, 9.17) is 36.3 Å². The number of ether oxygens (including phenoxy) is 4. The molecule has 1 heterocycles. The third kappa shape index (κ3) is 6.04. The molecule has 0 fully saturated rings. The number of fused-ring (bicyclic) bond motifs is 1. The van der Waals surface area contributed by atoms with Crippen molar-refractivity contribution in [3.8, 4) is 29.1 Å². The lowest BCUT2D eigenvalue weighted by Crippen LogP contribution is -2.22. The molecule has 0 spiro atoms. The Bertz CT molecular complexity index is 1630. The Hall–Kier alpha value is -4.93. The van der Waals surface area contributed by atoms with Gasteiger partial charge in [-0.1, -0.05) is 60.1 Å². The number of nitrogens with two attached hydrogens (primary N) is 1. The van der Waals surface area contributed by atoms with Crippen LogP contribution < -0.4 is 24.7 Å². The minimum absolute atomic E-state index is 0.0150. The first-order valence-electron chi connectivity index (χ1n) is 12.5. The van der Waals surface area contributed by atoms with Gasteiger partial charge in [0.15, 0.2) is 6.61 Å². The van der Waals surface area contributed by atoms with Crippen molar-refractivity contribution in [1.82, 2.24) is 0 Å². The maximum atomic E-state index is 12.4. The molecule has 7 nitrogen and oxygen atoms in total. The first kappa shape index (κ1) is 26.7. The highest BCUT2D eigenvalue weighted by Crippen LogP contribution is 2.44. The standard InChI is InChI=1S/C32H25ClN2O5/c1-20-5-2-3-8-28(20)38-19-30(36)39-25-13-14-26-29(16-25)40-32(35)27(17-34)31(26)22-6-4-7-24(15-22)37-18-21-9-11-23(33)12-10-21/h2-16,31H,18-19,35H2,1H3. The predicted octanol–water partition coefficient (Wildman–Crippen LogP) is 6.43. The SMILES string of the molecule is Cc1ccccc1OCC(=O)Oc1ccc2c(c1)OC(N)=C(C#N)C2c1cccc(OCc2ccc(Cl)cc2)c1. The molecule has 4 aromatic rings. The summed E-state index contributed by atoms with van der Waals surface area (Å²) in [7, 11) is 0. The smallest absolute Gasteiger partial charge is 0.349 e. The van der Waals surface area contributed by atoms with Gasteiger partial charge in [-0.15, -0.1) is 0 Å². The molecule has 0 amide bonds. The van der Waals surface area contributed by atoms with Crippen LogP contribution in [0.3, 0.4) is 0 Å². The number of esters is 1. The van der Waals surface area contributed by atoms with Gasteiger partial charge in [0.05, 0.1) is 5.92 Å². The Morgan fingerprint density at radius 2 is 1.77 bits per heavy atom. The zero-order valence-corrected chi connectivity index (χ0v) is 22.4. The van der Waals surface area contributed by atoms with Crippen LogP contribution in [0.2, 0.25) is 5.02 Å². The van der Waals surface area contributed by atoms with Crippen molar-refractivity contribution in [3.05, 3.63) is 130 Å². The molecular formula is C32H25ClN2O5. The molecule has 0 bridgehead atoms. The number of hydrogen-bond donors (Lipinski definition) is 1. The van der Waals surface area contributed by atoms with Gasteiger partial charge in [0, 0.05) is 16.7 Å². The molecule has 40 heavy (non-hydrogen) atoms. The number of rotatable bonds is 8. The molecule has 0 saturated carbocycles. The quantitative estimate of drug-likeness (QED) is 0.198. The van der Waals surface area contributed by atoms with Gasteiger partial charge in [-0.2, -0.15) is 5.26 Å². The number of nitrogens with zero attached hydrogens (tertiary/aromatic N) is 1. The molecule has 8 heteroatoms. The number of carbonyl (C=O) groups excluding carboxylic acids is 1. The van der Waals surface area contributed by atoms with Crippen LogP contribution in [0.4, 0.5) is 0 Å². The first-order valence-corrected chi connectivity index (χ1v) is 12.9. The van der Waals surface area contributed by atoms with E-state index in [0.717, 1.165) is 16.7 Å². The molecule has 5 rings (SSSR count). The summed E-state index contributed by atoms with van der Waals surface area (Å²) >= 11 is 5.97. The lowest BCUT2D eigenvalue weighted by molar-refractivity contribution is -0.136. The largest absolute Gasteiger partial charge is 0.489 e. The molecular weight excluding hydrogens is 528 g/mol. The topological polar surface area (TPSA) is 104 Å². The fourth-order valence-electron chi connectivity index (χ4n) is 4.39. The molecule has 0 radical (unpaired) electrons. The number of carbonyl (C=O) groups is 1. The Morgan fingerprint density at radius 1 is 0.975 bits per heavy atom. The van der Waals surface area contributed by atoms with Crippen LogP contribution in [0.15, 0.2) is 102 Å². The number of nitriles is 1. The minimum atomic E-state index is -0.567. The lowest BCUT2D eigenvalue weighted by Gasteiger charge is -2.27. The molecule has 2 N–H and O–H groups in total. The van der Waals surface area contributed by atoms with Gasteiger partial charge < -0.3 is 24.7 Å². The minimum Gasteiger partial charge on any atom is -0.489 e. The Labute approximate surface area is 236 Å². The van der Waals surface area contributed by atoms with E-state index in [-0.39, 0.29) is 23.8 Å². The van der Waals surface area contributed by atoms with Crippen molar-refractivity contribution in [2.24, 2.45) is 5.73 Å². The molecule has 0 aliphatic carbocycles. The summed E-state index contributed by atoms with van der Waals surface area (Å²) in [6.45, 7) is 2.00. The van der Waals surface area contributed by atoms with Gasteiger partial charge in [-0.05, 0) is 60.0 Å². The number of allylic oxidation sites excluding steroid dienone is 1. The van der Waals surface area contributed by atoms with Crippen molar-refractivity contribution in [2.75, 3.05) is 6.61 Å². The number of benzene rings is 4. The Balaban J connectivity index is 1.34. The molecule has 4 aromatic carbocycles. The van der Waals surface area contributed by atoms with Crippen LogP contribution in [0.5, 0.6) is 23.0 Å². The summed E-state index contributed by atoms with van der Waals surface area (Å²) in [5, 5.41) is 10.6. The fraction of sp³-hybridized carbons (Fsp3) is 0.125. The Kier molecular flexibility index (Phi) is 7.90. The van der Waals surface area contributed by atoms with Crippen LogP contribution in [-0.4, -0.2) is 12.6 Å². The van der Waals surface area contributed by atoms with E-state index in [1.807, 2.05) is 73.7 Å². The van der Waals surface area contributed by atoms with Gasteiger partial charge in [0.2, 0.25) is 5.88 Å². The molecule has 1 aliphatic heterocycles. The lowest BCUT2D eigenvalue weighted by atomic mass is 9.83. The predicted molar refractivity (Wildman–Crippen MR) is 150 cm³/mol. The second kappa shape index (κ2) is 11.9. The second-order valence-corrected chi connectivity index (χ2v) is 9.58. The monoisotopic (exact) mass is 552 g/mol. The van der Waals surface area contributed by atoms with Crippen molar-refractivity contribution < 1.29 is 23.7 Å². The van der Waals surface area contributed by atoms with E-state index in [0.29, 0.717) is 34.4 Å². The van der Waals surface area contributed by atoms with Crippen molar-refractivity contribution >= 4 is 17.6 Å². The normalized spacial score (nSPS) is 14.0. The van der Waals surface area contributed by atoms with Crippen LogP contribution in [0, 0.1) is 18.3 Å². The van der Waals surface area contributed by atoms with Crippen molar-refractivity contribution in [1.29, 1.82) is 5.26 Å². The maximum absolute atomic E-state index is 12.4. The van der Waals surface area contributed by atoms with E-state index in [1.165, 1.54) is 0 Å². The summed E-state index contributed by atoms with van der Waals surface area (Å²) < 4.78 is 22.8. The molecule has 1 unspecified atom stereocenters. The van der Waals surface area contributed by atoms with Crippen LogP contribution >= 0.6 is 11.6 Å². The van der Waals surface area contributed by atoms with E-state index in [2.05, 4.69) is 6.07 Å². The summed E-state index contributed by atoms with van der Waals surface area (Å²) in [5.74, 6) is 0.819. The highest BCUT2D eigenvalue weighted by molar-refractivity contribution is 6.30.